The molecule has 0 fully saturated rings. The third-order valence-electron chi connectivity index (χ3n) is 1.38. The molecule has 1 aromatic carbocycles. The van der Waals surface area contributed by atoms with Gasteiger partial charge in [-0.3, -0.25) is 0 Å². The number of hydrogen-bond donors (Lipinski definition) is 1. The van der Waals surface area contributed by atoms with Crippen LogP contribution in [-0.2, 0) is 0 Å². The van der Waals surface area contributed by atoms with Crippen LogP contribution in [0.1, 0.15) is 5.56 Å². The van der Waals surface area contributed by atoms with Gasteiger partial charge in [-0.1, -0.05) is 0 Å². The van der Waals surface area contributed by atoms with E-state index < -0.39 is 11.6 Å². The van der Waals surface area contributed by atoms with Crippen molar-refractivity contribution in [3.8, 4) is 11.8 Å². The number of phenolic OH excluding ortho intramolecular Hbond substituents is 1. The first-order valence-electron chi connectivity index (χ1n) is 3.20. The molecule has 3 nitrogen and oxygen atoms in total. The van der Waals surface area contributed by atoms with Crippen molar-refractivity contribution < 1.29 is 9.50 Å². The molecule has 0 bridgehead atoms. The Labute approximate surface area is 78.8 Å². The summed E-state index contributed by atoms with van der Waals surface area (Å²) in [6.07, 6.45) is 0. The van der Waals surface area contributed by atoms with Crippen LogP contribution in [0.15, 0.2) is 17.1 Å². The molecule has 0 atom stereocenters. The second kappa shape index (κ2) is 3.76. The fraction of sp³-hybridized carbons (Fsp3) is 0. The number of nitriles is 1. The maximum atomic E-state index is 13.1. The van der Waals surface area contributed by atoms with Gasteiger partial charge in [0, 0.05) is 0 Å². The lowest BCUT2D eigenvalue weighted by atomic mass is 10.2. The van der Waals surface area contributed by atoms with Crippen molar-refractivity contribution in [2.24, 2.45) is 4.99 Å². The van der Waals surface area contributed by atoms with E-state index in [0.29, 0.717) is 0 Å². The van der Waals surface area contributed by atoms with Crippen molar-refractivity contribution in [3.05, 3.63) is 23.5 Å². The Morgan fingerprint density at radius 3 is 2.77 bits per heavy atom. The van der Waals surface area contributed by atoms with Crippen molar-refractivity contribution in [1.29, 1.82) is 5.26 Å². The number of aromatic hydroxyl groups is 1. The van der Waals surface area contributed by atoms with Crippen LogP contribution in [0.3, 0.4) is 0 Å². The predicted molar refractivity (Wildman–Crippen MR) is 47.5 cm³/mol. The van der Waals surface area contributed by atoms with Crippen molar-refractivity contribution >= 4 is 23.1 Å². The molecule has 1 N–H and O–H groups in total. The minimum atomic E-state index is -0.962. The van der Waals surface area contributed by atoms with Gasteiger partial charge in [0.1, 0.15) is 11.8 Å². The number of nitrogens with zero attached hydrogens (tertiary/aromatic N) is 2. The highest BCUT2D eigenvalue weighted by molar-refractivity contribution is 7.78. The molecule has 0 aromatic heterocycles. The maximum Gasteiger partial charge on any atom is 0.192 e. The first-order valence-corrected chi connectivity index (χ1v) is 3.61. The van der Waals surface area contributed by atoms with Crippen LogP contribution in [0.4, 0.5) is 10.1 Å². The van der Waals surface area contributed by atoms with Crippen LogP contribution < -0.4 is 0 Å². The summed E-state index contributed by atoms with van der Waals surface area (Å²) in [6, 6.07) is 4.12. The van der Waals surface area contributed by atoms with E-state index >= 15 is 0 Å². The minimum Gasteiger partial charge on any atom is -0.504 e. The van der Waals surface area contributed by atoms with E-state index in [1.165, 1.54) is 12.1 Å². The molecular formula is C8H3FN2OS. The Hall–Kier alpha value is -1.76. The number of hydrogen-bond acceptors (Lipinski definition) is 4. The molecule has 0 aliphatic carbocycles. The minimum absolute atomic E-state index is 0.133. The number of halogens is 1. The molecule has 5 heteroatoms. The summed E-state index contributed by atoms with van der Waals surface area (Å²) < 4.78 is 13.1. The zero-order chi connectivity index (χ0) is 9.84. The Kier molecular flexibility index (Phi) is 2.70. The van der Waals surface area contributed by atoms with E-state index in [9.17, 15) is 4.39 Å². The third kappa shape index (κ3) is 1.70. The van der Waals surface area contributed by atoms with Gasteiger partial charge < -0.3 is 5.11 Å². The lowest BCUT2D eigenvalue weighted by Crippen LogP contribution is -1.82. The van der Waals surface area contributed by atoms with Crippen LogP contribution in [0.5, 0.6) is 5.75 Å². The largest absolute Gasteiger partial charge is 0.504 e. The first-order chi connectivity index (χ1) is 6.20. The van der Waals surface area contributed by atoms with Gasteiger partial charge in [0.2, 0.25) is 0 Å². The molecule has 0 spiro atoms. The summed E-state index contributed by atoms with van der Waals surface area (Å²) in [5.74, 6) is -1.68. The van der Waals surface area contributed by atoms with Crippen molar-refractivity contribution in [2.45, 2.75) is 0 Å². The Morgan fingerprint density at radius 2 is 2.23 bits per heavy atom. The number of rotatable bonds is 1. The van der Waals surface area contributed by atoms with E-state index in [1.54, 1.807) is 6.07 Å². The van der Waals surface area contributed by atoms with Gasteiger partial charge in [-0.05, 0) is 24.4 Å². The molecule has 0 saturated carbocycles. The Balaban J connectivity index is 3.41. The normalized spacial score (nSPS) is 8.62. The molecule has 0 unspecified atom stereocenters. The molecule has 13 heavy (non-hydrogen) atoms. The van der Waals surface area contributed by atoms with E-state index in [-0.39, 0.29) is 11.3 Å². The van der Waals surface area contributed by atoms with Crippen molar-refractivity contribution in [3.63, 3.8) is 0 Å². The highest BCUT2D eigenvalue weighted by Crippen LogP contribution is 2.28. The zero-order valence-corrected chi connectivity index (χ0v) is 7.10. The zero-order valence-electron chi connectivity index (χ0n) is 6.28. The second-order valence-corrected chi connectivity index (χ2v) is 2.29. The smallest absolute Gasteiger partial charge is 0.192 e. The SMILES string of the molecule is N#Cc1ccc(N=C=S)c(F)c1O. The molecule has 0 heterocycles. The predicted octanol–water partition coefficient (Wildman–Crippen LogP) is 2.14. The van der Waals surface area contributed by atoms with Crippen LogP contribution in [0.25, 0.3) is 0 Å². The van der Waals surface area contributed by atoms with Gasteiger partial charge >= 0.3 is 0 Å². The van der Waals surface area contributed by atoms with Gasteiger partial charge in [0.25, 0.3) is 0 Å². The number of thiocarbonyl (C=S) groups is 1. The van der Waals surface area contributed by atoms with Crippen LogP contribution in [-0.4, -0.2) is 10.3 Å². The van der Waals surface area contributed by atoms with Gasteiger partial charge in [-0.15, -0.1) is 0 Å². The number of aliphatic imine (C=N–C) groups is 1. The summed E-state index contributed by atoms with van der Waals surface area (Å²) in [4.78, 5) is 3.36. The standard InChI is InChI=1S/C8H3FN2OS/c9-7-6(11-4-13)2-1-5(3-10)8(7)12/h1-2,12H. The summed E-state index contributed by atoms with van der Waals surface area (Å²) >= 11 is 4.27. The third-order valence-corrected chi connectivity index (χ3v) is 1.47. The van der Waals surface area contributed by atoms with Gasteiger partial charge in [-0.2, -0.15) is 10.3 Å². The van der Waals surface area contributed by atoms with E-state index in [1.807, 2.05) is 5.16 Å². The number of phenols is 1. The fourth-order valence-electron chi connectivity index (χ4n) is 0.780. The fourth-order valence-corrected chi connectivity index (χ4v) is 0.878. The summed E-state index contributed by atoms with van der Waals surface area (Å²) in [6.45, 7) is 0. The summed E-state index contributed by atoms with van der Waals surface area (Å²) in [7, 11) is 0. The molecule has 0 saturated heterocycles. The quantitative estimate of drug-likeness (QED) is 0.550. The number of benzene rings is 1. The summed E-state index contributed by atoms with van der Waals surface area (Å²) in [5.41, 5.74) is -0.271. The molecule has 0 amide bonds. The van der Waals surface area contributed by atoms with Crippen molar-refractivity contribution in [1.82, 2.24) is 0 Å². The maximum absolute atomic E-state index is 13.1. The molecule has 0 aliphatic heterocycles. The van der Waals surface area contributed by atoms with Crippen molar-refractivity contribution in [2.75, 3.05) is 0 Å². The highest BCUT2D eigenvalue weighted by Gasteiger charge is 2.10. The van der Waals surface area contributed by atoms with Gasteiger partial charge in [-0.25, -0.2) is 4.39 Å². The van der Waals surface area contributed by atoms with Crippen LogP contribution >= 0.6 is 12.2 Å². The number of isothiocyanates is 1. The van der Waals surface area contributed by atoms with Crippen LogP contribution in [0.2, 0.25) is 0 Å². The summed E-state index contributed by atoms with van der Waals surface area (Å²) in [5, 5.41) is 19.5. The molecular weight excluding hydrogens is 191 g/mol. The molecule has 64 valence electrons. The van der Waals surface area contributed by atoms with Gasteiger partial charge in [0.05, 0.1) is 10.7 Å². The monoisotopic (exact) mass is 194 g/mol. The molecule has 0 aliphatic rings. The topological polar surface area (TPSA) is 56.4 Å². The van der Waals surface area contributed by atoms with E-state index in [4.69, 9.17) is 10.4 Å². The second-order valence-electron chi connectivity index (χ2n) is 2.11. The molecule has 1 rings (SSSR count). The Bertz CT molecular complexity index is 433. The van der Waals surface area contributed by atoms with Gasteiger partial charge in [0.15, 0.2) is 11.6 Å². The highest BCUT2D eigenvalue weighted by atomic mass is 32.1. The molecule has 0 radical (unpaired) electrons. The molecule has 1 aromatic rings. The average Bonchev–Trinajstić information content (AvgIpc) is 2.14. The van der Waals surface area contributed by atoms with E-state index in [0.717, 1.165) is 0 Å². The lowest BCUT2D eigenvalue weighted by Gasteiger charge is -1.98. The lowest BCUT2D eigenvalue weighted by molar-refractivity contribution is 0.432. The Morgan fingerprint density at radius 1 is 1.54 bits per heavy atom. The van der Waals surface area contributed by atoms with Crippen LogP contribution in [0, 0.1) is 17.1 Å². The van der Waals surface area contributed by atoms with E-state index in [2.05, 4.69) is 17.2 Å². The first kappa shape index (κ1) is 9.33. The average molecular weight is 194 g/mol.